The number of benzene rings is 2. The zero-order valence-electron chi connectivity index (χ0n) is 26.8. The minimum atomic E-state index is -0.988. The summed E-state index contributed by atoms with van der Waals surface area (Å²) < 4.78 is 7.28. The molecular formula is C34H46N6O4. The van der Waals surface area contributed by atoms with Crippen LogP contribution in [0, 0.1) is 11.3 Å². The van der Waals surface area contributed by atoms with Gasteiger partial charge in [0.05, 0.1) is 28.1 Å². The summed E-state index contributed by atoms with van der Waals surface area (Å²) in [6.07, 6.45) is 1.31. The fourth-order valence-electron chi connectivity index (χ4n) is 6.86. The molecule has 4 aromatic rings. The van der Waals surface area contributed by atoms with Crippen LogP contribution in [0.5, 0.6) is 0 Å². The predicted molar refractivity (Wildman–Crippen MR) is 172 cm³/mol. The van der Waals surface area contributed by atoms with Gasteiger partial charge in [-0.15, -0.1) is 0 Å². The van der Waals surface area contributed by atoms with E-state index in [4.69, 9.17) is 14.7 Å². The number of carbonyl (C=O) groups excluding carboxylic acids is 1. The molecule has 3 heterocycles. The van der Waals surface area contributed by atoms with Gasteiger partial charge in [0, 0.05) is 45.3 Å². The van der Waals surface area contributed by atoms with E-state index in [9.17, 15) is 14.7 Å². The maximum atomic E-state index is 14.6. The Balaban J connectivity index is 1.57. The van der Waals surface area contributed by atoms with Crippen molar-refractivity contribution < 1.29 is 19.4 Å². The molecular weight excluding hydrogens is 556 g/mol. The summed E-state index contributed by atoms with van der Waals surface area (Å²) in [6.45, 7) is 12.4. The summed E-state index contributed by atoms with van der Waals surface area (Å²) in [5, 5.41) is 10.6. The number of amides is 2. The molecule has 1 fully saturated rings. The first kappa shape index (κ1) is 31.5. The highest BCUT2D eigenvalue weighted by Gasteiger charge is 2.48. The normalized spacial score (nSPS) is 19.2. The van der Waals surface area contributed by atoms with Crippen LogP contribution < -0.4 is 0 Å². The highest BCUT2D eigenvalue weighted by Crippen LogP contribution is 2.43. The molecule has 1 aliphatic heterocycles. The number of ether oxygens (including phenoxy) is 1. The van der Waals surface area contributed by atoms with E-state index in [1.165, 1.54) is 0 Å². The van der Waals surface area contributed by atoms with Gasteiger partial charge in [-0.3, -0.25) is 4.79 Å². The lowest BCUT2D eigenvalue weighted by Crippen LogP contribution is -2.61. The number of rotatable bonds is 10. The molecule has 10 heteroatoms. The number of imidazole rings is 2. The number of methoxy groups -OCH3 is 1. The number of aryl methyl sites for hydroxylation is 1. The van der Waals surface area contributed by atoms with Gasteiger partial charge in [0.25, 0.3) is 5.91 Å². The number of hydrogen-bond donors (Lipinski definition) is 2. The number of nitrogens with one attached hydrogen (secondary N) is 1. The number of carbonyl (C=O) groups is 2. The SMILES string of the molecule is COCCCCn1c(C(=O)N(CC(C)C)[C@H]2C[C@@H](c3nc4ccccc4[nH]3)C(C(C)(C)C)N(C(=O)O)C2)nc2ccccc21. The van der Waals surface area contributed by atoms with Crippen LogP contribution in [-0.2, 0) is 11.3 Å². The average Bonchev–Trinajstić information content (AvgIpc) is 3.58. The number of carboxylic acid groups (broad SMARTS) is 1. The third-order valence-electron chi connectivity index (χ3n) is 8.63. The van der Waals surface area contributed by atoms with Crippen molar-refractivity contribution in [3.63, 3.8) is 0 Å². The number of piperidine rings is 1. The third-order valence-corrected chi connectivity index (χ3v) is 8.63. The second kappa shape index (κ2) is 13.0. The summed E-state index contributed by atoms with van der Waals surface area (Å²) in [5.74, 6) is 0.901. The first-order valence-corrected chi connectivity index (χ1v) is 15.7. The van der Waals surface area contributed by atoms with Crippen molar-refractivity contribution in [3.05, 3.63) is 60.2 Å². The number of H-pyrrole nitrogens is 1. The second-order valence-electron chi connectivity index (χ2n) is 13.5. The van der Waals surface area contributed by atoms with Gasteiger partial charge in [-0.05, 0) is 54.9 Å². The summed E-state index contributed by atoms with van der Waals surface area (Å²) in [4.78, 5) is 44.2. The first-order valence-electron chi connectivity index (χ1n) is 15.7. The van der Waals surface area contributed by atoms with Crippen LogP contribution in [0.1, 0.15) is 76.2 Å². The fraction of sp³-hybridized carbons (Fsp3) is 0.529. The molecule has 0 aliphatic carbocycles. The Morgan fingerprint density at radius 2 is 1.77 bits per heavy atom. The average molecular weight is 603 g/mol. The van der Waals surface area contributed by atoms with E-state index in [-0.39, 0.29) is 41.8 Å². The Bertz CT molecular complexity index is 1570. The van der Waals surface area contributed by atoms with E-state index in [0.29, 0.717) is 31.9 Å². The van der Waals surface area contributed by atoms with Gasteiger partial charge in [-0.1, -0.05) is 58.9 Å². The molecule has 236 valence electrons. The fourth-order valence-corrected chi connectivity index (χ4v) is 6.86. The van der Waals surface area contributed by atoms with Crippen molar-refractivity contribution in [1.82, 2.24) is 29.3 Å². The van der Waals surface area contributed by atoms with Gasteiger partial charge < -0.3 is 29.2 Å². The van der Waals surface area contributed by atoms with Gasteiger partial charge in [0.1, 0.15) is 5.82 Å². The van der Waals surface area contributed by atoms with Gasteiger partial charge in [-0.25, -0.2) is 14.8 Å². The monoisotopic (exact) mass is 602 g/mol. The smallest absolute Gasteiger partial charge is 0.407 e. The molecule has 1 aliphatic rings. The maximum absolute atomic E-state index is 14.6. The molecule has 2 aromatic carbocycles. The Labute approximate surface area is 259 Å². The molecule has 1 saturated heterocycles. The Kier molecular flexibility index (Phi) is 9.29. The number of hydrogen-bond acceptors (Lipinski definition) is 5. The largest absolute Gasteiger partial charge is 0.465 e. The Morgan fingerprint density at radius 1 is 1.07 bits per heavy atom. The molecule has 3 atom stereocenters. The summed E-state index contributed by atoms with van der Waals surface area (Å²) in [5.41, 5.74) is 3.08. The first-order chi connectivity index (χ1) is 21.0. The molecule has 2 amide bonds. The lowest BCUT2D eigenvalue weighted by Gasteiger charge is -2.50. The van der Waals surface area contributed by atoms with Crippen molar-refractivity contribution in [1.29, 1.82) is 0 Å². The molecule has 0 saturated carbocycles. The highest BCUT2D eigenvalue weighted by molar-refractivity contribution is 5.95. The number of nitrogens with zero attached hydrogens (tertiary/aromatic N) is 5. The van der Waals surface area contributed by atoms with Crippen LogP contribution in [0.25, 0.3) is 22.1 Å². The number of para-hydroxylation sites is 4. The molecule has 10 nitrogen and oxygen atoms in total. The Hall–Kier alpha value is -3.92. The minimum Gasteiger partial charge on any atom is -0.465 e. The molecule has 5 rings (SSSR count). The standard InChI is InChI=1S/C34H46N6O4/c1-22(2)20-39(32(41)31-37-27-15-9-10-16-28(27)38(31)17-11-12-18-44-6)23-19-24(29(34(3,4)5)40(21-23)33(42)43)30-35-25-13-7-8-14-26(25)36-30/h7-10,13-16,22-24,29H,11-12,17-21H2,1-6H3,(H,35,36)(H,42,43)/t23-,24+,29?/m0/s1. The van der Waals surface area contributed by atoms with Gasteiger partial charge in [-0.2, -0.15) is 0 Å². The number of aromatic nitrogens is 4. The number of aromatic amines is 1. The molecule has 1 unspecified atom stereocenters. The van der Waals surface area contributed by atoms with Crippen LogP contribution in [0.2, 0.25) is 0 Å². The van der Waals surface area contributed by atoms with E-state index >= 15 is 0 Å². The van der Waals surface area contributed by atoms with Gasteiger partial charge in [0.15, 0.2) is 5.82 Å². The van der Waals surface area contributed by atoms with Crippen molar-refractivity contribution >= 4 is 34.1 Å². The minimum absolute atomic E-state index is 0.168. The van der Waals surface area contributed by atoms with Crippen molar-refractivity contribution in [3.8, 4) is 0 Å². The van der Waals surface area contributed by atoms with E-state index in [0.717, 1.165) is 40.7 Å². The van der Waals surface area contributed by atoms with Crippen LogP contribution in [0.4, 0.5) is 4.79 Å². The Morgan fingerprint density at radius 3 is 2.43 bits per heavy atom. The zero-order valence-corrected chi connectivity index (χ0v) is 26.8. The van der Waals surface area contributed by atoms with Crippen LogP contribution in [0.15, 0.2) is 48.5 Å². The van der Waals surface area contributed by atoms with Crippen molar-refractivity contribution in [2.45, 2.75) is 78.4 Å². The number of fused-ring (bicyclic) bond motifs is 2. The molecule has 0 radical (unpaired) electrons. The van der Waals surface area contributed by atoms with Crippen molar-refractivity contribution in [2.24, 2.45) is 11.3 Å². The second-order valence-corrected chi connectivity index (χ2v) is 13.5. The summed E-state index contributed by atoms with van der Waals surface area (Å²) in [6, 6.07) is 15.0. The lowest BCUT2D eigenvalue weighted by molar-refractivity contribution is 0.00237. The number of likely N-dealkylation sites (tertiary alicyclic amines) is 1. The van der Waals surface area contributed by atoms with Crippen LogP contribution in [-0.4, -0.2) is 85.3 Å². The molecule has 0 bridgehead atoms. The highest BCUT2D eigenvalue weighted by atomic mass is 16.5. The van der Waals surface area contributed by atoms with Gasteiger partial charge in [0.2, 0.25) is 0 Å². The van der Waals surface area contributed by atoms with Gasteiger partial charge >= 0.3 is 6.09 Å². The lowest BCUT2D eigenvalue weighted by atomic mass is 9.72. The number of unbranched alkanes of at least 4 members (excludes halogenated alkanes) is 1. The topological polar surface area (TPSA) is 117 Å². The molecule has 2 aromatic heterocycles. The maximum Gasteiger partial charge on any atom is 0.407 e. The molecule has 2 N–H and O–H groups in total. The van der Waals surface area contributed by atoms with E-state index in [1.807, 2.05) is 58.0 Å². The molecule has 0 spiro atoms. The summed E-state index contributed by atoms with van der Waals surface area (Å²) in [7, 11) is 1.69. The summed E-state index contributed by atoms with van der Waals surface area (Å²) >= 11 is 0. The van der Waals surface area contributed by atoms with E-state index in [1.54, 1.807) is 12.0 Å². The van der Waals surface area contributed by atoms with Crippen molar-refractivity contribution in [2.75, 3.05) is 26.8 Å². The van der Waals surface area contributed by atoms with Crippen LogP contribution in [0.3, 0.4) is 0 Å². The quantitative estimate of drug-likeness (QED) is 0.203. The molecule has 44 heavy (non-hydrogen) atoms. The van der Waals surface area contributed by atoms with Crippen LogP contribution >= 0.6 is 0 Å². The predicted octanol–water partition coefficient (Wildman–Crippen LogP) is 6.39. The third kappa shape index (κ3) is 6.45. The van der Waals surface area contributed by atoms with E-state index in [2.05, 4.69) is 39.6 Å². The van der Waals surface area contributed by atoms with E-state index < -0.39 is 6.09 Å². The zero-order chi connectivity index (χ0) is 31.6.